The van der Waals surface area contributed by atoms with Gasteiger partial charge in [-0.1, -0.05) is 36.8 Å². The van der Waals surface area contributed by atoms with Crippen LogP contribution in [-0.2, 0) is 15.0 Å². The van der Waals surface area contributed by atoms with Crippen LogP contribution in [0.5, 0.6) is 0 Å². The summed E-state index contributed by atoms with van der Waals surface area (Å²) in [5.74, 6) is -0.676. The van der Waals surface area contributed by atoms with E-state index in [-0.39, 0.29) is 5.91 Å². The molecule has 1 saturated heterocycles. The summed E-state index contributed by atoms with van der Waals surface area (Å²) in [5.41, 5.74) is -0.151. The maximum absolute atomic E-state index is 13.1. The summed E-state index contributed by atoms with van der Waals surface area (Å²) in [6.07, 6.45) is 4.21. The quantitative estimate of drug-likeness (QED) is 0.934. The first-order valence-electron chi connectivity index (χ1n) is 8.06. The topological polar surface area (TPSA) is 57.6 Å². The van der Waals surface area contributed by atoms with E-state index in [1.807, 2.05) is 30.3 Å². The summed E-state index contributed by atoms with van der Waals surface area (Å²) in [5, 5.41) is 9.45. The van der Waals surface area contributed by atoms with Crippen LogP contribution in [0.2, 0.25) is 0 Å². The van der Waals surface area contributed by atoms with E-state index in [4.69, 9.17) is 0 Å². The third kappa shape index (κ3) is 2.31. The van der Waals surface area contributed by atoms with Crippen molar-refractivity contribution >= 4 is 11.9 Å². The molecule has 4 nitrogen and oxygen atoms in total. The number of nitrogens with zero attached hydrogens (tertiary/aromatic N) is 1. The number of likely N-dealkylation sites (tertiary alicyclic amines) is 1. The number of aliphatic carboxylic acids is 1. The van der Waals surface area contributed by atoms with Crippen LogP contribution >= 0.6 is 0 Å². The molecule has 22 heavy (non-hydrogen) atoms. The van der Waals surface area contributed by atoms with E-state index in [0.717, 1.165) is 31.2 Å². The molecule has 1 unspecified atom stereocenters. The highest BCUT2D eigenvalue weighted by Gasteiger charge is 2.50. The first kappa shape index (κ1) is 15.1. The van der Waals surface area contributed by atoms with Crippen molar-refractivity contribution in [2.45, 2.75) is 44.4 Å². The molecule has 0 aromatic heterocycles. The van der Waals surface area contributed by atoms with Crippen LogP contribution in [0.1, 0.15) is 44.6 Å². The molecule has 3 rings (SSSR count). The number of hydrogen-bond acceptors (Lipinski definition) is 2. The molecule has 0 radical (unpaired) electrons. The number of carboxylic acids is 1. The van der Waals surface area contributed by atoms with E-state index in [2.05, 4.69) is 0 Å². The fourth-order valence-electron chi connectivity index (χ4n) is 3.80. The van der Waals surface area contributed by atoms with Gasteiger partial charge in [-0.15, -0.1) is 0 Å². The molecule has 1 N–H and O–H groups in total. The van der Waals surface area contributed by atoms with Crippen molar-refractivity contribution in [3.05, 3.63) is 35.9 Å². The second kappa shape index (κ2) is 5.41. The van der Waals surface area contributed by atoms with Crippen molar-refractivity contribution in [1.29, 1.82) is 0 Å². The Hall–Kier alpha value is -1.84. The number of piperidine rings is 1. The zero-order valence-electron chi connectivity index (χ0n) is 13.0. The summed E-state index contributed by atoms with van der Waals surface area (Å²) < 4.78 is 0. The minimum atomic E-state index is -0.810. The second-order valence-electron chi connectivity index (χ2n) is 7.00. The Labute approximate surface area is 131 Å². The fourth-order valence-corrected chi connectivity index (χ4v) is 3.80. The lowest BCUT2D eigenvalue weighted by Gasteiger charge is -2.47. The predicted molar refractivity (Wildman–Crippen MR) is 83.5 cm³/mol. The molecular formula is C18H23NO3. The summed E-state index contributed by atoms with van der Waals surface area (Å²) in [6.45, 7) is 2.76. The van der Waals surface area contributed by atoms with Crippen molar-refractivity contribution in [2.24, 2.45) is 5.41 Å². The van der Waals surface area contributed by atoms with Gasteiger partial charge in [0.05, 0.1) is 10.8 Å². The van der Waals surface area contributed by atoms with Gasteiger partial charge in [0, 0.05) is 13.1 Å². The van der Waals surface area contributed by atoms with Gasteiger partial charge in [-0.25, -0.2) is 0 Å². The average molecular weight is 301 g/mol. The van der Waals surface area contributed by atoms with E-state index in [0.29, 0.717) is 19.5 Å². The molecule has 1 aromatic rings. The Bertz CT molecular complexity index is 579. The zero-order chi connectivity index (χ0) is 15.8. The summed E-state index contributed by atoms with van der Waals surface area (Å²) >= 11 is 0. The van der Waals surface area contributed by atoms with Crippen LogP contribution in [0.4, 0.5) is 0 Å². The lowest BCUT2D eigenvalue weighted by molar-refractivity contribution is -0.156. The van der Waals surface area contributed by atoms with Crippen LogP contribution in [0.3, 0.4) is 0 Å². The Kier molecular flexibility index (Phi) is 3.71. The maximum Gasteiger partial charge on any atom is 0.311 e. The molecule has 0 spiro atoms. The molecule has 118 valence electrons. The highest BCUT2D eigenvalue weighted by atomic mass is 16.4. The third-order valence-electron chi connectivity index (χ3n) is 5.44. The smallest absolute Gasteiger partial charge is 0.311 e. The highest BCUT2D eigenvalue weighted by Crippen LogP contribution is 2.46. The minimum absolute atomic E-state index is 0.122. The van der Waals surface area contributed by atoms with Crippen molar-refractivity contribution in [1.82, 2.24) is 4.90 Å². The van der Waals surface area contributed by atoms with Gasteiger partial charge in [0.2, 0.25) is 5.91 Å². The van der Waals surface area contributed by atoms with Crippen LogP contribution < -0.4 is 0 Å². The fraction of sp³-hybridized carbons (Fsp3) is 0.556. The molecule has 0 bridgehead atoms. The Morgan fingerprint density at radius 1 is 1.09 bits per heavy atom. The van der Waals surface area contributed by atoms with Gasteiger partial charge < -0.3 is 10.0 Å². The number of rotatable bonds is 3. The van der Waals surface area contributed by atoms with E-state index in [1.165, 1.54) is 0 Å². The standard InChI is InChI=1S/C18H23NO3/c1-17(16(21)22)9-6-12-19(13-17)15(20)18(10-5-11-18)14-7-3-2-4-8-14/h2-4,7-8H,5-6,9-13H2,1H3,(H,21,22). The van der Waals surface area contributed by atoms with Gasteiger partial charge in [-0.2, -0.15) is 0 Å². The van der Waals surface area contributed by atoms with Gasteiger partial charge in [0.25, 0.3) is 0 Å². The number of carbonyl (C=O) groups is 2. The molecular weight excluding hydrogens is 278 g/mol. The number of amides is 1. The van der Waals surface area contributed by atoms with E-state index < -0.39 is 16.8 Å². The molecule has 1 aliphatic heterocycles. The number of carboxylic acid groups (broad SMARTS) is 1. The lowest BCUT2D eigenvalue weighted by atomic mass is 9.63. The van der Waals surface area contributed by atoms with Gasteiger partial charge in [0.15, 0.2) is 0 Å². The highest BCUT2D eigenvalue weighted by molar-refractivity contribution is 5.90. The normalized spacial score (nSPS) is 27.0. The predicted octanol–water partition coefficient (Wildman–Crippen LogP) is 2.82. The molecule has 2 fully saturated rings. The molecule has 2 aliphatic rings. The first-order chi connectivity index (χ1) is 10.5. The van der Waals surface area contributed by atoms with Gasteiger partial charge in [0.1, 0.15) is 0 Å². The van der Waals surface area contributed by atoms with Gasteiger partial charge in [-0.3, -0.25) is 9.59 Å². The van der Waals surface area contributed by atoms with Gasteiger partial charge >= 0.3 is 5.97 Å². The second-order valence-corrected chi connectivity index (χ2v) is 7.00. The van der Waals surface area contributed by atoms with Crippen LogP contribution in [0.25, 0.3) is 0 Å². The summed E-state index contributed by atoms with van der Waals surface area (Å²) in [4.78, 5) is 26.5. The molecule has 1 amide bonds. The number of carbonyl (C=O) groups excluding carboxylic acids is 1. The minimum Gasteiger partial charge on any atom is -0.481 e. The van der Waals surface area contributed by atoms with E-state index in [1.54, 1.807) is 11.8 Å². The summed E-state index contributed by atoms with van der Waals surface area (Å²) in [6, 6.07) is 9.96. The first-order valence-corrected chi connectivity index (χ1v) is 8.06. The Morgan fingerprint density at radius 3 is 2.32 bits per heavy atom. The van der Waals surface area contributed by atoms with Crippen LogP contribution in [0, 0.1) is 5.41 Å². The van der Waals surface area contributed by atoms with Crippen LogP contribution in [-0.4, -0.2) is 35.0 Å². The number of hydrogen-bond donors (Lipinski definition) is 1. The molecule has 1 aromatic carbocycles. The molecule has 4 heteroatoms. The maximum atomic E-state index is 13.1. The lowest BCUT2D eigenvalue weighted by Crippen LogP contribution is -2.56. The number of benzene rings is 1. The third-order valence-corrected chi connectivity index (χ3v) is 5.44. The average Bonchev–Trinajstić information content (AvgIpc) is 2.47. The van der Waals surface area contributed by atoms with Crippen molar-refractivity contribution < 1.29 is 14.7 Å². The van der Waals surface area contributed by atoms with Gasteiger partial charge in [-0.05, 0) is 38.2 Å². The Morgan fingerprint density at radius 2 is 1.77 bits per heavy atom. The van der Waals surface area contributed by atoms with Crippen LogP contribution in [0.15, 0.2) is 30.3 Å². The SMILES string of the molecule is CC1(C(=O)O)CCCN(C(=O)C2(c3ccccc3)CCC2)C1. The van der Waals surface area contributed by atoms with Crippen molar-refractivity contribution in [3.8, 4) is 0 Å². The van der Waals surface area contributed by atoms with Crippen molar-refractivity contribution in [3.63, 3.8) is 0 Å². The van der Waals surface area contributed by atoms with E-state index in [9.17, 15) is 14.7 Å². The Balaban J connectivity index is 1.85. The largest absolute Gasteiger partial charge is 0.481 e. The molecule has 1 saturated carbocycles. The molecule has 1 atom stereocenters. The summed E-state index contributed by atoms with van der Waals surface area (Å²) in [7, 11) is 0. The zero-order valence-corrected chi connectivity index (χ0v) is 13.0. The van der Waals surface area contributed by atoms with Crippen molar-refractivity contribution in [2.75, 3.05) is 13.1 Å². The molecule has 1 heterocycles. The molecule has 1 aliphatic carbocycles. The monoisotopic (exact) mass is 301 g/mol. The van der Waals surface area contributed by atoms with E-state index >= 15 is 0 Å².